The third-order valence-corrected chi connectivity index (χ3v) is 0. The van der Waals surface area contributed by atoms with Crippen LogP contribution in [-0.4, -0.2) is 13.8 Å². The van der Waals surface area contributed by atoms with Gasteiger partial charge in [0.25, 0.3) is 0 Å². The number of hydrogen-bond donors (Lipinski definition) is 1. The zero-order valence-electron chi connectivity index (χ0n) is 2.73. The van der Waals surface area contributed by atoms with E-state index in [4.69, 9.17) is 13.6 Å². The summed E-state index contributed by atoms with van der Waals surface area (Å²) in [5, 5.41) is 0. The third kappa shape index (κ3) is 3420. The molecule has 0 aromatic carbocycles. The van der Waals surface area contributed by atoms with E-state index in [2.05, 4.69) is 0 Å². The van der Waals surface area contributed by atoms with Crippen molar-refractivity contribution in [1.29, 1.82) is 0 Å². The first-order valence-electron chi connectivity index (χ1n) is 1.24. The highest BCUT2D eigenvalue weighted by Crippen LogP contribution is 1.48. The van der Waals surface area contributed by atoms with Crippen LogP contribution in [0.4, 0.5) is 0 Å². The zero-order chi connectivity index (χ0) is 3.58. The maximum atomic E-state index is 4.89. The molecule has 0 aromatic heterocycles. The molecule has 2 N–H and O–H groups in total. The largest absolute Gasteiger partial charge is 0.336 e. The van der Waals surface area contributed by atoms with Gasteiger partial charge in [-0.05, 0) is 5.94 Å². The van der Waals surface area contributed by atoms with E-state index in [0.717, 1.165) is 0 Å². The molecule has 22 valence electrons. The average molecular weight is 54.9 g/mol. The number of nitrogens with two attached hydrogens (primary N) is 1. The van der Waals surface area contributed by atoms with Gasteiger partial charge in [0, 0.05) is 0 Å². The Morgan fingerprint density at radius 1 is 2.00 bits per heavy atom. The van der Waals surface area contributed by atoms with E-state index >= 15 is 0 Å². The van der Waals surface area contributed by atoms with Crippen molar-refractivity contribution >= 4 is 7.85 Å². The average Bonchev–Trinajstić information content (AvgIpc) is 0.811. The Hall–Kier alpha value is 0.0249. The van der Waals surface area contributed by atoms with Crippen LogP contribution < -0.4 is 5.73 Å². The van der Waals surface area contributed by atoms with Crippen molar-refractivity contribution in [2.24, 2.45) is 5.73 Å². The van der Waals surface area contributed by atoms with Crippen LogP contribution in [0.15, 0.2) is 0 Å². The van der Waals surface area contributed by atoms with Gasteiger partial charge < -0.3 is 5.73 Å². The molecular formula is C2H6BN. The molecule has 4 heavy (non-hydrogen) atoms. The van der Waals surface area contributed by atoms with Gasteiger partial charge in [0.2, 0.25) is 0 Å². The van der Waals surface area contributed by atoms with Crippen molar-refractivity contribution in [2.75, 3.05) is 0 Å². The lowest BCUT2D eigenvalue weighted by atomic mass is 10.0. The van der Waals surface area contributed by atoms with E-state index in [9.17, 15) is 0 Å². The van der Waals surface area contributed by atoms with Crippen molar-refractivity contribution in [3.05, 3.63) is 0 Å². The van der Waals surface area contributed by atoms with Crippen LogP contribution in [0.5, 0.6) is 0 Å². The second-order valence-electron chi connectivity index (χ2n) is 0.859. The maximum absolute atomic E-state index is 4.89. The molecule has 0 heterocycles. The maximum Gasteiger partial charge on any atom is 0.0899 e. The van der Waals surface area contributed by atoms with Crippen molar-refractivity contribution in [3.63, 3.8) is 0 Å². The van der Waals surface area contributed by atoms with Gasteiger partial charge in [0.05, 0.1) is 7.85 Å². The molecule has 0 aliphatic rings. The van der Waals surface area contributed by atoms with Gasteiger partial charge in [-0.2, -0.15) is 0 Å². The summed E-state index contributed by atoms with van der Waals surface area (Å²) in [5.41, 5.74) is 4.89. The van der Waals surface area contributed by atoms with Crippen molar-refractivity contribution in [2.45, 2.75) is 12.9 Å². The summed E-state index contributed by atoms with van der Waals surface area (Å²) in [5.74, 6) is -0.167. The van der Waals surface area contributed by atoms with Gasteiger partial charge in [0.1, 0.15) is 0 Å². The van der Waals surface area contributed by atoms with E-state index in [1.54, 1.807) is 6.92 Å². The van der Waals surface area contributed by atoms with Crippen LogP contribution in [0.3, 0.4) is 0 Å². The van der Waals surface area contributed by atoms with Gasteiger partial charge in [0.15, 0.2) is 0 Å². The molecule has 0 unspecified atom stereocenters. The molecule has 0 rings (SSSR count). The molecule has 0 amide bonds. The molecular weight excluding hydrogens is 48.8 g/mol. The monoisotopic (exact) mass is 55.1 g/mol. The van der Waals surface area contributed by atoms with E-state index in [1.165, 1.54) is 0 Å². The van der Waals surface area contributed by atoms with Crippen molar-refractivity contribution in [1.82, 2.24) is 0 Å². The Bertz CT molecular complexity index is 10.8. The van der Waals surface area contributed by atoms with Gasteiger partial charge in [-0.15, -0.1) is 0 Å². The fourth-order valence-corrected chi connectivity index (χ4v) is 0. The summed E-state index contributed by atoms with van der Waals surface area (Å²) in [6.07, 6.45) is 0. The van der Waals surface area contributed by atoms with Crippen molar-refractivity contribution in [3.8, 4) is 0 Å². The smallest absolute Gasteiger partial charge is 0.0899 e. The van der Waals surface area contributed by atoms with E-state index in [-0.39, 0.29) is 5.94 Å². The molecule has 0 bridgehead atoms. The quantitative estimate of drug-likeness (QED) is 0.370. The van der Waals surface area contributed by atoms with Crippen LogP contribution in [0.25, 0.3) is 0 Å². The molecule has 2 heteroatoms. The normalized spacial score (nSPS) is 15.5. The number of rotatable bonds is 0. The summed E-state index contributed by atoms with van der Waals surface area (Å²) in [6, 6.07) is 0. The topological polar surface area (TPSA) is 26.0 Å². The summed E-state index contributed by atoms with van der Waals surface area (Å²) < 4.78 is 0. The summed E-state index contributed by atoms with van der Waals surface area (Å²) in [4.78, 5) is 0. The van der Waals surface area contributed by atoms with Gasteiger partial charge in [-0.1, -0.05) is 6.92 Å². The first kappa shape index (κ1) is 4.02. The lowest BCUT2D eigenvalue weighted by Crippen LogP contribution is -2.12. The standard InChI is InChI=1S/C2H6BN/c1-2(3)4/h2H,4H2,1H3/t2-/m1/s1. The predicted octanol–water partition coefficient (Wildman–Crippen LogP) is -0.540. The van der Waals surface area contributed by atoms with E-state index in [1.807, 2.05) is 0 Å². The van der Waals surface area contributed by atoms with Crippen LogP contribution >= 0.6 is 0 Å². The molecule has 0 aromatic rings. The first-order chi connectivity index (χ1) is 1.73. The summed E-state index contributed by atoms with van der Waals surface area (Å²) in [6.45, 7) is 1.72. The van der Waals surface area contributed by atoms with Crippen LogP contribution in [0.2, 0.25) is 0 Å². The minimum atomic E-state index is -0.167. The molecule has 0 fully saturated rings. The minimum absolute atomic E-state index is 0.167. The van der Waals surface area contributed by atoms with E-state index in [0.29, 0.717) is 0 Å². The molecule has 1 atom stereocenters. The second kappa shape index (κ2) is 1.36. The molecule has 2 radical (unpaired) electrons. The fourth-order valence-electron chi connectivity index (χ4n) is 0. The molecule has 0 aliphatic heterocycles. The molecule has 0 spiro atoms. The molecule has 0 saturated carbocycles. The summed E-state index contributed by atoms with van der Waals surface area (Å²) >= 11 is 0. The van der Waals surface area contributed by atoms with Crippen LogP contribution in [0, 0.1) is 0 Å². The van der Waals surface area contributed by atoms with Crippen molar-refractivity contribution < 1.29 is 0 Å². The SMILES string of the molecule is [B][C@@H](C)N. The molecule has 1 nitrogen and oxygen atoms in total. The summed E-state index contributed by atoms with van der Waals surface area (Å²) in [7, 11) is 4.89. The highest BCUT2D eigenvalue weighted by atomic mass is 14.5. The Kier molecular flexibility index (Phi) is 1.36. The second-order valence-corrected chi connectivity index (χ2v) is 0.859. The lowest BCUT2D eigenvalue weighted by Gasteiger charge is -1.81. The molecule has 0 saturated heterocycles. The first-order valence-corrected chi connectivity index (χ1v) is 1.24. The fraction of sp³-hybridized carbons (Fsp3) is 1.00. The van der Waals surface area contributed by atoms with Crippen LogP contribution in [0.1, 0.15) is 6.92 Å². The Morgan fingerprint density at radius 2 is 2.00 bits per heavy atom. The highest BCUT2D eigenvalue weighted by Gasteiger charge is 1.67. The lowest BCUT2D eigenvalue weighted by molar-refractivity contribution is 1.03. The van der Waals surface area contributed by atoms with Gasteiger partial charge in [-0.25, -0.2) is 0 Å². The highest BCUT2D eigenvalue weighted by molar-refractivity contribution is 6.11. The Labute approximate surface area is 27.6 Å². The van der Waals surface area contributed by atoms with Gasteiger partial charge >= 0.3 is 0 Å². The minimum Gasteiger partial charge on any atom is -0.336 e. The predicted molar refractivity (Wildman–Crippen MR) is 19.4 cm³/mol. The van der Waals surface area contributed by atoms with E-state index < -0.39 is 0 Å². The Morgan fingerprint density at radius 3 is 2.00 bits per heavy atom. The van der Waals surface area contributed by atoms with Gasteiger partial charge in [-0.3, -0.25) is 0 Å². The molecule has 0 aliphatic carbocycles. The Balaban J connectivity index is 2.32. The van der Waals surface area contributed by atoms with Crippen LogP contribution in [-0.2, 0) is 0 Å². The third-order valence-electron chi connectivity index (χ3n) is 0. The number of hydrogen-bond acceptors (Lipinski definition) is 1. The zero-order valence-corrected chi connectivity index (χ0v) is 2.73.